The third kappa shape index (κ3) is 5.68. The second kappa shape index (κ2) is 9.52. The van der Waals surface area contributed by atoms with Gasteiger partial charge in [-0.25, -0.2) is 0 Å². The first-order valence-electron chi connectivity index (χ1n) is 9.52. The van der Waals surface area contributed by atoms with Gasteiger partial charge in [-0.05, 0) is 36.8 Å². The Labute approximate surface area is 165 Å². The van der Waals surface area contributed by atoms with Crippen molar-refractivity contribution in [2.45, 2.75) is 26.3 Å². The van der Waals surface area contributed by atoms with Crippen LogP contribution >= 0.6 is 0 Å². The maximum absolute atomic E-state index is 12.4. The van der Waals surface area contributed by atoms with Crippen LogP contribution < -0.4 is 10.6 Å². The number of nitrogens with one attached hydrogen (secondary N) is 2. The van der Waals surface area contributed by atoms with Crippen molar-refractivity contribution >= 4 is 17.5 Å². The van der Waals surface area contributed by atoms with Gasteiger partial charge in [0.1, 0.15) is 11.5 Å². The Kier molecular flexibility index (Phi) is 6.84. The molecule has 1 unspecified atom stereocenters. The second-order valence-corrected chi connectivity index (χ2v) is 6.97. The highest BCUT2D eigenvalue weighted by Gasteiger charge is 2.25. The first kappa shape index (κ1) is 20.1. The molecule has 1 aromatic heterocycles. The lowest BCUT2D eigenvalue weighted by Crippen LogP contribution is -2.43. The molecule has 2 heterocycles. The summed E-state index contributed by atoms with van der Waals surface area (Å²) in [4.78, 5) is 25.8. The SMILES string of the molecule is CC(=O)Nc1ccc(CC(=O)NCC(c2ccc(C)o2)N2CCOCC2)cc1. The van der Waals surface area contributed by atoms with Gasteiger partial charge in [0.05, 0.1) is 25.7 Å². The molecule has 1 fully saturated rings. The summed E-state index contributed by atoms with van der Waals surface area (Å²) in [7, 11) is 0. The molecule has 3 rings (SSSR count). The fourth-order valence-corrected chi connectivity index (χ4v) is 3.30. The average molecular weight is 385 g/mol. The van der Waals surface area contributed by atoms with Crippen molar-refractivity contribution in [3.05, 3.63) is 53.5 Å². The minimum absolute atomic E-state index is 0.0105. The highest BCUT2D eigenvalue weighted by molar-refractivity contribution is 5.88. The Balaban J connectivity index is 1.57. The summed E-state index contributed by atoms with van der Waals surface area (Å²) in [6.07, 6.45) is 0.285. The van der Waals surface area contributed by atoms with E-state index in [4.69, 9.17) is 9.15 Å². The number of nitrogens with zero attached hydrogens (tertiary/aromatic N) is 1. The molecule has 1 saturated heterocycles. The van der Waals surface area contributed by atoms with Crippen molar-refractivity contribution in [2.24, 2.45) is 0 Å². The maximum Gasteiger partial charge on any atom is 0.224 e. The largest absolute Gasteiger partial charge is 0.465 e. The normalized spacial score (nSPS) is 15.8. The third-order valence-electron chi connectivity index (χ3n) is 4.71. The van der Waals surface area contributed by atoms with Gasteiger partial charge in [-0.3, -0.25) is 14.5 Å². The van der Waals surface area contributed by atoms with Crippen LogP contribution in [0.1, 0.15) is 30.0 Å². The van der Waals surface area contributed by atoms with Crippen LogP contribution in [-0.2, 0) is 20.7 Å². The minimum Gasteiger partial charge on any atom is -0.465 e. The van der Waals surface area contributed by atoms with E-state index in [1.807, 2.05) is 31.2 Å². The molecule has 0 saturated carbocycles. The van der Waals surface area contributed by atoms with E-state index in [0.29, 0.717) is 19.8 Å². The van der Waals surface area contributed by atoms with E-state index >= 15 is 0 Å². The quantitative estimate of drug-likeness (QED) is 0.764. The van der Waals surface area contributed by atoms with E-state index < -0.39 is 0 Å². The smallest absolute Gasteiger partial charge is 0.224 e. The number of furan rings is 1. The lowest BCUT2D eigenvalue weighted by atomic mass is 10.1. The number of rotatable bonds is 7. The van der Waals surface area contributed by atoms with Crippen molar-refractivity contribution in [3.63, 3.8) is 0 Å². The van der Waals surface area contributed by atoms with Crippen LogP contribution in [-0.4, -0.2) is 49.6 Å². The highest BCUT2D eigenvalue weighted by atomic mass is 16.5. The third-order valence-corrected chi connectivity index (χ3v) is 4.71. The van der Waals surface area contributed by atoms with Crippen LogP contribution in [0.3, 0.4) is 0 Å². The molecule has 0 radical (unpaired) electrons. The van der Waals surface area contributed by atoms with Gasteiger partial charge in [0.25, 0.3) is 0 Å². The standard InChI is InChI=1S/C21H27N3O4/c1-15-3-8-20(28-15)19(24-9-11-27-12-10-24)14-22-21(26)13-17-4-6-18(7-5-17)23-16(2)25/h3-8,19H,9-14H2,1-2H3,(H,22,26)(H,23,25). The molecular formula is C21H27N3O4. The predicted octanol–water partition coefficient (Wildman–Crippen LogP) is 2.28. The molecule has 1 atom stereocenters. The van der Waals surface area contributed by atoms with Gasteiger partial charge in [-0.2, -0.15) is 0 Å². The van der Waals surface area contributed by atoms with E-state index in [1.165, 1.54) is 6.92 Å². The first-order chi connectivity index (χ1) is 13.5. The number of hydrogen-bond donors (Lipinski definition) is 2. The monoisotopic (exact) mass is 385 g/mol. The molecule has 28 heavy (non-hydrogen) atoms. The molecule has 150 valence electrons. The summed E-state index contributed by atoms with van der Waals surface area (Å²) >= 11 is 0. The number of anilines is 1. The molecule has 2 amide bonds. The number of carbonyl (C=O) groups excluding carboxylic acids is 2. The Morgan fingerprint density at radius 3 is 2.43 bits per heavy atom. The highest BCUT2D eigenvalue weighted by Crippen LogP contribution is 2.23. The van der Waals surface area contributed by atoms with Crippen molar-refractivity contribution in [1.82, 2.24) is 10.2 Å². The second-order valence-electron chi connectivity index (χ2n) is 6.97. The number of amides is 2. The molecule has 1 aliphatic heterocycles. The van der Waals surface area contributed by atoms with Crippen LogP contribution in [0.4, 0.5) is 5.69 Å². The Bertz CT molecular complexity index is 794. The molecule has 0 spiro atoms. The average Bonchev–Trinajstić information content (AvgIpc) is 3.10. The number of aryl methyl sites for hydroxylation is 1. The summed E-state index contributed by atoms with van der Waals surface area (Å²) in [6, 6.07) is 11.2. The lowest BCUT2D eigenvalue weighted by Gasteiger charge is -2.33. The number of hydrogen-bond acceptors (Lipinski definition) is 5. The Morgan fingerprint density at radius 1 is 1.11 bits per heavy atom. The van der Waals surface area contributed by atoms with Crippen molar-refractivity contribution in [2.75, 3.05) is 38.2 Å². The zero-order chi connectivity index (χ0) is 19.9. The molecule has 2 aromatic rings. The van der Waals surface area contributed by atoms with Gasteiger partial charge in [0.15, 0.2) is 0 Å². The zero-order valence-electron chi connectivity index (χ0n) is 16.4. The molecule has 0 bridgehead atoms. The molecule has 7 heteroatoms. The van der Waals surface area contributed by atoms with Gasteiger partial charge in [-0.15, -0.1) is 0 Å². The molecular weight excluding hydrogens is 358 g/mol. The van der Waals surface area contributed by atoms with Gasteiger partial charge in [0.2, 0.25) is 11.8 Å². The van der Waals surface area contributed by atoms with E-state index in [-0.39, 0.29) is 24.3 Å². The maximum atomic E-state index is 12.4. The Hall–Kier alpha value is -2.64. The van der Waals surface area contributed by atoms with E-state index in [2.05, 4.69) is 15.5 Å². The lowest BCUT2D eigenvalue weighted by molar-refractivity contribution is -0.121. The molecule has 2 N–H and O–H groups in total. The van der Waals surface area contributed by atoms with E-state index in [9.17, 15) is 9.59 Å². The van der Waals surface area contributed by atoms with E-state index in [1.54, 1.807) is 12.1 Å². The first-order valence-corrected chi connectivity index (χ1v) is 9.52. The molecule has 1 aromatic carbocycles. The number of morpholine rings is 1. The number of carbonyl (C=O) groups is 2. The van der Waals surface area contributed by atoms with Crippen LogP contribution in [0.5, 0.6) is 0 Å². The number of ether oxygens (including phenoxy) is 1. The van der Waals surface area contributed by atoms with Gasteiger partial charge >= 0.3 is 0 Å². The summed E-state index contributed by atoms with van der Waals surface area (Å²) in [5.74, 6) is 1.56. The fourth-order valence-electron chi connectivity index (χ4n) is 3.30. The molecule has 1 aliphatic rings. The van der Waals surface area contributed by atoms with Gasteiger partial charge in [0, 0.05) is 32.2 Å². The van der Waals surface area contributed by atoms with Crippen LogP contribution in [0.2, 0.25) is 0 Å². The van der Waals surface area contributed by atoms with Crippen LogP contribution in [0.25, 0.3) is 0 Å². The molecule has 7 nitrogen and oxygen atoms in total. The summed E-state index contributed by atoms with van der Waals surface area (Å²) in [6.45, 7) is 6.86. The van der Waals surface area contributed by atoms with Crippen molar-refractivity contribution in [3.8, 4) is 0 Å². The number of benzene rings is 1. The summed E-state index contributed by atoms with van der Waals surface area (Å²) < 4.78 is 11.3. The zero-order valence-corrected chi connectivity index (χ0v) is 16.4. The van der Waals surface area contributed by atoms with Gasteiger partial charge < -0.3 is 19.8 Å². The summed E-state index contributed by atoms with van der Waals surface area (Å²) in [5.41, 5.74) is 1.61. The van der Waals surface area contributed by atoms with Crippen LogP contribution in [0, 0.1) is 6.92 Å². The molecule has 0 aliphatic carbocycles. The Morgan fingerprint density at radius 2 is 1.82 bits per heavy atom. The predicted molar refractivity (Wildman–Crippen MR) is 106 cm³/mol. The van der Waals surface area contributed by atoms with E-state index in [0.717, 1.165) is 35.9 Å². The topological polar surface area (TPSA) is 83.8 Å². The van der Waals surface area contributed by atoms with Gasteiger partial charge in [-0.1, -0.05) is 12.1 Å². The fraction of sp³-hybridized carbons (Fsp3) is 0.429. The summed E-state index contributed by atoms with van der Waals surface area (Å²) in [5, 5.41) is 5.75. The van der Waals surface area contributed by atoms with Crippen molar-refractivity contribution in [1.29, 1.82) is 0 Å². The minimum atomic E-state index is -0.118. The van der Waals surface area contributed by atoms with Crippen LogP contribution in [0.15, 0.2) is 40.8 Å². The van der Waals surface area contributed by atoms with Crippen molar-refractivity contribution < 1.29 is 18.7 Å².